The van der Waals surface area contributed by atoms with Crippen molar-refractivity contribution in [2.75, 3.05) is 45.5 Å². The van der Waals surface area contributed by atoms with E-state index in [2.05, 4.69) is 48.0 Å². The van der Waals surface area contributed by atoms with Gasteiger partial charge < -0.3 is 4.90 Å². The molecule has 0 amide bonds. The van der Waals surface area contributed by atoms with E-state index in [1.807, 2.05) is 11.8 Å². The van der Waals surface area contributed by atoms with Gasteiger partial charge in [0, 0.05) is 43.4 Å². The first-order valence-electron chi connectivity index (χ1n) is 6.34. The van der Waals surface area contributed by atoms with E-state index in [1.54, 1.807) is 0 Å². The number of aryl methyl sites for hydroxylation is 1. The smallest absolute Gasteiger partial charge is 0.0110 e. The maximum absolute atomic E-state index is 2.57. The van der Waals surface area contributed by atoms with Crippen LogP contribution < -0.4 is 0 Å². The molecule has 1 aliphatic heterocycles. The first-order valence-corrected chi connectivity index (χ1v) is 7.33. The Bertz CT molecular complexity index is 334. The molecule has 1 aromatic carbocycles. The van der Waals surface area contributed by atoms with Crippen molar-refractivity contribution in [2.24, 2.45) is 0 Å². The summed E-state index contributed by atoms with van der Waals surface area (Å²) in [5, 5.41) is 0. The van der Waals surface area contributed by atoms with Crippen molar-refractivity contribution in [3.05, 3.63) is 29.8 Å². The molecular formula is C14H23ClN2S. The minimum Gasteiger partial charge on any atom is -0.304 e. The van der Waals surface area contributed by atoms with Crippen molar-refractivity contribution in [3.8, 4) is 0 Å². The maximum Gasteiger partial charge on any atom is 0.0110 e. The van der Waals surface area contributed by atoms with Gasteiger partial charge in [-0.05, 0) is 26.1 Å². The number of piperazine rings is 1. The van der Waals surface area contributed by atoms with E-state index < -0.39 is 0 Å². The zero-order chi connectivity index (χ0) is 12.1. The van der Waals surface area contributed by atoms with Crippen molar-refractivity contribution >= 4 is 24.2 Å². The average molecular weight is 287 g/mol. The first-order chi connectivity index (χ1) is 8.24. The Labute approximate surface area is 121 Å². The van der Waals surface area contributed by atoms with Crippen LogP contribution in [0.4, 0.5) is 0 Å². The summed E-state index contributed by atoms with van der Waals surface area (Å²) in [6.07, 6.45) is 0. The molecule has 0 N–H and O–H groups in total. The van der Waals surface area contributed by atoms with Gasteiger partial charge in [0.15, 0.2) is 0 Å². The number of benzene rings is 1. The fourth-order valence-electron chi connectivity index (χ4n) is 2.00. The second-order valence-corrected chi connectivity index (χ2v) is 5.97. The Morgan fingerprint density at radius 2 is 1.67 bits per heavy atom. The third-order valence-corrected chi connectivity index (χ3v) is 4.29. The number of nitrogens with zero attached hydrogens (tertiary/aromatic N) is 2. The molecule has 4 heteroatoms. The fourth-order valence-corrected chi connectivity index (χ4v) is 2.91. The minimum atomic E-state index is 0. The summed E-state index contributed by atoms with van der Waals surface area (Å²) in [4.78, 5) is 6.37. The van der Waals surface area contributed by atoms with E-state index in [4.69, 9.17) is 0 Å². The number of hydrogen-bond acceptors (Lipinski definition) is 3. The zero-order valence-corrected chi connectivity index (χ0v) is 12.9. The molecule has 2 rings (SSSR count). The van der Waals surface area contributed by atoms with Crippen LogP contribution in [-0.4, -0.2) is 55.3 Å². The lowest BCUT2D eigenvalue weighted by atomic mass is 10.2. The topological polar surface area (TPSA) is 6.48 Å². The predicted molar refractivity (Wildman–Crippen MR) is 83.1 cm³/mol. The summed E-state index contributed by atoms with van der Waals surface area (Å²) in [6, 6.07) is 8.84. The molecule has 1 aliphatic rings. The molecule has 0 radical (unpaired) electrons. The molecule has 0 saturated carbocycles. The molecule has 0 unspecified atom stereocenters. The Hall–Kier alpha value is -0.220. The Balaban J connectivity index is 0.00000162. The van der Waals surface area contributed by atoms with Gasteiger partial charge >= 0.3 is 0 Å². The fraction of sp³-hybridized carbons (Fsp3) is 0.571. The van der Waals surface area contributed by atoms with Crippen molar-refractivity contribution in [2.45, 2.75) is 11.8 Å². The number of thioether (sulfide) groups is 1. The molecule has 0 aromatic heterocycles. The van der Waals surface area contributed by atoms with Crippen molar-refractivity contribution in [1.29, 1.82) is 0 Å². The molecule has 0 aliphatic carbocycles. The van der Waals surface area contributed by atoms with Gasteiger partial charge in [0.2, 0.25) is 0 Å². The van der Waals surface area contributed by atoms with Gasteiger partial charge in [-0.2, -0.15) is 0 Å². The van der Waals surface area contributed by atoms with Crippen LogP contribution in [0.2, 0.25) is 0 Å². The number of halogens is 1. The number of hydrogen-bond donors (Lipinski definition) is 0. The number of likely N-dealkylation sites (N-methyl/N-ethyl adjacent to an activating group) is 1. The molecule has 1 heterocycles. The van der Waals surface area contributed by atoms with Crippen molar-refractivity contribution in [1.82, 2.24) is 9.80 Å². The highest BCUT2D eigenvalue weighted by Crippen LogP contribution is 2.18. The average Bonchev–Trinajstić information content (AvgIpc) is 2.34. The Morgan fingerprint density at radius 1 is 1.06 bits per heavy atom. The molecule has 1 fully saturated rings. The highest BCUT2D eigenvalue weighted by Gasteiger charge is 2.12. The summed E-state index contributed by atoms with van der Waals surface area (Å²) in [6.45, 7) is 8.24. The van der Waals surface area contributed by atoms with Gasteiger partial charge in [0.1, 0.15) is 0 Å². The van der Waals surface area contributed by atoms with Crippen LogP contribution in [0.15, 0.2) is 29.2 Å². The summed E-state index contributed by atoms with van der Waals surface area (Å²) < 4.78 is 0. The summed E-state index contributed by atoms with van der Waals surface area (Å²) in [5.41, 5.74) is 1.34. The first kappa shape index (κ1) is 15.8. The van der Waals surface area contributed by atoms with Crippen molar-refractivity contribution < 1.29 is 0 Å². The standard InChI is InChI=1S/C14H22N2S.ClH/c1-13-3-5-14(6-4-13)17-12-11-16-9-7-15(2)8-10-16;/h3-6H,7-12H2,1-2H3;1H. The van der Waals surface area contributed by atoms with E-state index in [0.717, 1.165) is 0 Å². The van der Waals surface area contributed by atoms with E-state index in [1.165, 1.54) is 48.9 Å². The quantitative estimate of drug-likeness (QED) is 0.786. The summed E-state index contributed by atoms with van der Waals surface area (Å²) in [7, 11) is 2.21. The van der Waals surface area contributed by atoms with Gasteiger partial charge in [0.05, 0.1) is 0 Å². The van der Waals surface area contributed by atoms with Crippen LogP contribution in [0.5, 0.6) is 0 Å². The SMILES string of the molecule is Cc1ccc(SCCN2CCN(C)CC2)cc1.Cl. The lowest BCUT2D eigenvalue weighted by molar-refractivity contribution is 0.161. The van der Waals surface area contributed by atoms with E-state index in [-0.39, 0.29) is 12.4 Å². The second-order valence-electron chi connectivity index (χ2n) is 4.81. The third-order valence-electron chi connectivity index (χ3n) is 3.29. The zero-order valence-electron chi connectivity index (χ0n) is 11.3. The van der Waals surface area contributed by atoms with Crippen LogP contribution in [0.1, 0.15) is 5.56 Å². The lowest BCUT2D eigenvalue weighted by Crippen LogP contribution is -2.45. The molecule has 2 nitrogen and oxygen atoms in total. The maximum atomic E-state index is 2.57. The van der Waals surface area contributed by atoms with Crippen LogP contribution >= 0.6 is 24.2 Å². The summed E-state index contributed by atoms with van der Waals surface area (Å²) in [5.74, 6) is 1.20. The molecule has 18 heavy (non-hydrogen) atoms. The Kier molecular flexibility index (Phi) is 7.08. The molecule has 0 bridgehead atoms. The minimum absolute atomic E-state index is 0. The van der Waals surface area contributed by atoms with Crippen LogP contribution in [-0.2, 0) is 0 Å². The molecule has 102 valence electrons. The van der Waals surface area contributed by atoms with E-state index in [9.17, 15) is 0 Å². The monoisotopic (exact) mass is 286 g/mol. The van der Waals surface area contributed by atoms with Gasteiger partial charge in [-0.3, -0.25) is 4.90 Å². The molecular weight excluding hydrogens is 264 g/mol. The molecule has 1 aromatic rings. The summed E-state index contributed by atoms with van der Waals surface area (Å²) >= 11 is 1.97. The predicted octanol–water partition coefficient (Wildman–Crippen LogP) is 2.76. The van der Waals surface area contributed by atoms with Gasteiger partial charge in [-0.15, -0.1) is 24.2 Å². The number of rotatable bonds is 4. The molecule has 0 spiro atoms. The highest BCUT2D eigenvalue weighted by atomic mass is 35.5. The normalized spacial score (nSPS) is 17.4. The second kappa shape index (κ2) is 8.05. The Morgan fingerprint density at radius 3 is 2.28 bits per heavy atom. The van der Waals surface area contributed by atoms with Gasteiger partial charge in [-0.25, -0.2) is 0 Å². The van der Waals surface area contributed by atoms with Crippen LogP contribution in [0, 0.1) is 6.92 Å². The van der Waals surface area contributed by atoms with E-state index in [0.29, 0.717) is 0 Å². The molecule has 1 saturated heterocycles. The van der Waals surface area contributed by atoms with Crippen molar-refractivity contribution in [3.63, 3.8) is 0 Å². The van der Waals surface area contributed by atoms with Gasteiger partial charge in [0.25, 0.3) is 0 Å². The third kappa shape index (κ3) is 5.19. The molecule has 0 atom stereocenters. The highest BCUT2D eigenvalue weighted by molar-refractivity contribution is 7.99. The van der Waals surface area contributed by atoms with Gasteiger partial charge in [-0.1, -0.05) is 17.7 Å². The largest absolute Gasteiger partial charge is 0.304 e. The van der Waals surface area contributed by atoms with E-state index >= 15 is 0 Å². The lowest BCUT2D eigenvalue weighted by Gasteiger charge is -2.32. The van der Waals surface area contributed by atoms with Crippen LogP contribution in [0.3, 0.4) is 0 Å². The van der Waals surface area contributed by atoms with Crippen LogP contribution in [0.25, 0.3) is 0 Å².